The van der Waals surface area contributed by atoms with Gasteiger partial charge in [-0.2, -0.15) is 0 Å². The zero-order chi connectivity index (χ0) is 17.9. The van der Waals surface area contributed by atoms with Gasteiger partial charge in [0.25, 0.3) is 0 Å². The van der Waals surface area contributed by atoms with Gasteiger partial charge in [0.05, 0.1) is 0 Å². The van der Waals surface area contributed by atoms with Crippen LogP contribution < -0.4 is 10.6 Å². The molecule has 2 aromatic rings. The van der Waals surface area contributed by atoms with E-state index in [1.165, 1.54) is 21.6 Å². The molecule has 0 bridgehead atoms. The number of thiophene rings is 1. The molecular weight excluding hydrogens is 346 g/mol. The molecule has 26 heavy (non-hydrogen) atoms. The molecule has 0 radical (unpaired) electrons. The zero-order valence-electron chi connectivity index (χ0n) is 14.7. The van der Waals surface area contributed by atoms with Crippen LogP contribution in [-0.4, -0.2) is 23.3 Å². The smallest absolute Gasteiger partial charge is 0.223 e. The van der Waals surface area contributed by atoms with Crippen molar-refractivity contribution in [1.29, 1.82) is 0 Å². The van der Waals surface area contributed by atoms with Crippen LogP contribution >= 0.6 is 11.3 Å². The molecule has 6 heteroatoms. The molecule has 3 heterocycles. The van der Waals surface area contributed by atoms with Gasteiger partial charge >= 0.3 is 0 Å². The number of fused-ring (bicyclic) bond motifs is 2. The Hall–Kier alpha value is -2.18. The van der Waals surface area contributed by atoms with Crippen LogP contribution in [-0.2, 0) is 42.2 Å². The quantitative estimate of drug-likeness (QED) is 0.850. The molecule has 4 rings (SSSR count). The lowest BCUT2D eigenvalue weighted by molar-refractivity contribution is -0.134. The Labute approximate surface area is 157 Å². The Kier molecular flexibility index (Phi) is 5.04. The first-order valence-electron chi connectivity index (χ1n) is 9.10. The monoisotopic (exact) mass is 369 g/mol. The molecule has 0 spiro atoms. The Morgan fingerprint density at radius 3 is 2.92 bits per heavy atom. The van der Waals surface area contributed by atoms with Crippen LogP contribution in [0, 0.1) is 0 Å². The van der Waals surface area contributed by atoms with Gasteiger partial charge in [-0.05, 0) is 40.1 Å². The maximum absolute atomic E-state index is 12.4. The molecule has 1 aromatic carbocycles. The predicted molar refractivity (Wildman–Crippen MR) is 102 cm³/mol. The first kappa shape index (κ1) is 17.2. The molecule has 0 saturated heterocycles. The van der Waals surface area contributed by atoms with Crippen LogP contribution in [0.4, 0.5) is 0 Å². The molecule has 0 atom stereocenters. The summed E-state index contributed by atoms with van der Waals surface area (Å²) in [6, 6.07) is 8.42. The van der Waals surface area contributed by atoms with Crippen molar-refractivity contribution in [2.45, 2.75) is 45.4 Å². The van der Waals surface area contributed by atoms with Crippen molar-refractivity contribution < 1.29 is 9.59 Å². The number of nitrogens with zero attached hydrogens (tertiary/aromatic N) is 1. The summed E-state index contributed by atoms with van der Waals surface area (Å²) in [6.45, 7) is 3.78. The van der Waals surface area contributed by atoms with Crippen molar-refractivity contribution in [3.63, 3.8) is 0 Å². The third-order valence-corrected chi connectivity index (χ3v) is 6.14. The lowest BCUT2D eigenvalue weighted by Gasteiger charge is -2.27. The molecule has 5 nitrogen and oxygen atoms in total. The highest BCUT2D eigenvalue weighted by Crippen LogP contribution is 2.24. The summed E-state index contributed by atoms with van der Waals surface area (Å²) >= 11 is 1.76. The number of carbonyl (C=O) groups is 2. The minimum Gasteiger partial charge on any atom is -0.352 e. The van der Waals surface area contributed by atoms with Crippen LogP contribution in [0.3, 0.4) is 0 Å². The van der Waals surface area contributed by atoms with Gasteiger partial charge in [0.15, 0.2) is 0 Å². The van der Waals surface area contributed by atoms with Gasteiger partial charge in [0.2, 0.25) is 11.8 Å². The second-order valence-electron chi connectivity index (χ2n) is 6.92. The van der Waals surface area contributed by atoms with E-state index in [1.807, 2.05) is 4.90 Å². The SMILES string of the molecule is O=C(CCC(=O)N1CCc2sccc2C1)NCc1ccc2c(c1)CNC2. The first-order chi connectivity index (χ1) is 12.7. The molecule has 0 fully saturated rings. The Morgan fingerprint density at radius 2 is 2.00 bits per heavy atom. The van der Waals surface area contributed by atoms with E-state index >= 15 is 0 Å². The normalized spacial score (nSPS) is 15.5. The standard InChI is InChI=1S/C20H23N3O2S/c24-19(22-10-14-1-2-15-11-21-12-17(15)9-14)3-4-20(25)23-7-5-18-16(13-23)6-8-26-18/h1-2,6,8-9,21H,3-5,7,10-13H2,(H,22,24). The summed E-state index contributed by atoms with van der Waals surface area (Å²) in [5.41, 5.74) is 5.00. The van der Waals surface area contributed by atoms with E-state index < -0.39 is 0 Å². The molecule has 2 aliphatic rings. The summed E-state index contributed by atoms with van der Waals surface area (Å²) in [4.78, 5) is 27.7. The number of amides is 2. The first-order valence-corrected chi connectivity index (χ1v) is 9.98. The highest BCUT2D eigenvalue weighted by molar-refractivity contribution is 7.10. The second kappa shape index (κ2) is 7.60. The number of nitrogens with one attached hydrogen (secondary N) is 2. The highest BCUT2D eigenvalue weighted by atomic mass is 32.1. The van der Waals surface area contributed by atoms with Gasteiger partial charge in [-0.25, -0.2) is 0 Å². The Morgan fingerprint density at radius 1 is 1.12 bits per heavy atom. The third-order valence-electron chi connectivity index (χ3n) is 5.12. The van der Waals surface area contributed by atoms with Gasteiger partial charge in [-0.1, -0.05) is 18.2 Å². The third kappa shape index (κ3) is 3.81. The molecule has 0 aliphatic carbocycles. The highest BCUT2D eigenvalue weighted by Gasteiger charge is 2.21. The van der Waals surface area contributed by atoms with Gasteiger partial charge < -0.3 is 15.5 Å². The van der Waals surface area contributed by atoms with Crippen LogP contribution in [0.1, 0.15) is 40.0 Å². The molecule has 0 saturated carbocycles. The number of hydrogen-bond acceptors (Lipinski definition) is 4. The van der Waals surface area contributed by atoms with Crippen molar-refractivity contribution in [3.05, 3.63) is 56.8 Å². The van der Waals surface area contributed by atoms with Gasteiger partial charge in [-0.3, -0.25) is 9.59 Å². The zero-order valence-corrected chi connectivity index (χ0v) is 15.5. The molecule has 1 aromatic heterocycles. The number of rotatable bonds is 5. The van der Waals surface area contributed by atoms with E-state index in [0.29, 0.717) is 13.1 Å². The largest absolute Gasteiger partial charge is 0.352 e. The summed E-state index contributed by atoms with van der Waals surface area (Å²) in [6.07, 6.45) is 1.45. The van der Waals surface area contributed by atoms with Crippen molar-refractivity contribution in [2.24, 2.45) is 0 Å². The average Bonchev–Trinajstić information content (AvgIpc) is 3.32. The molecule has 2 aliphatic heterocycles. The van der Waals surface area contributed by atoms with E-state index in [2.05, 4.69) is 40.3 Å². The average molecular weight is 369 g/mol. The maximum Gasteiger partial charge on any atom is 0.223 e. The topological polar surface area (TPSA) is 61.4 Å². The second-order valence-corrected chi connectivity index (χ2v) is 7.92. The number of hydrogen-bond donors (Lipinski definition) is 2. The van der Waals surface area contributed by atoms with Crippen LogP contribution in [0.5, 0.6) is 0 Å². The van der Waals surface area contributed by atoms with E-state index in [9.17, 15) is 9.59 Å². The fourth-order valence-electron chi connectivity index (χ4n) is 3.59. The van der Waals surface area contributed by atoms with Crippen molar-refractivity contribution in [2.75, 3.05) is 6.54 Å². The van der Waals surface area contributed by atoms with Gasteiger partial charge in [0, 0.05) is 50.4 Å². The molecule has 0 unspecified atom stereocenters. The fourth-order valence-corrected chi connectivity index (χ4v) is 4.48. The Bertz CT molecular complexity index is 830. The summed E-state index contributed by atoms with van der Waals surface area (Å²) < 4.78 is 0. The van der Waals surface area contributed by atoms with Crippen LogP contribution in [0.25, 0.3) is 0 Å². The summed E-state index contributed by atoms with van der Waals surface area (Å²) in [5.74, 6) is 0.00538. The van der Waals surface area contributed by atoms with Gasteiger partial charge in [-0.15, -0.1) is 11.3 Å². The molecule has 136 valence electrons. The lowest BCUT2D eigenvalue weighted by Crippen LogP contribution is -2.36. The van der Waals surface area contributed by atoms with Crippen molar-refractivity contribution >= 4 is 23.2 Å². The van der Waals surface area contributed by atoms with E-state index in [4.69, 9.17) is 0 Å². The van der Waals surface area contributed by atoms with Crippen LogP contribution in [0.2, 0.25) is 0 Å². The Balaban J connectivity index is 1.22. The summed E-state index contributed by atoms with van der Waals surface area (Å²) in [7, 11) is 0. The van der Waals surface area contributed by atoms with Crippen molar-refractivity contribution in [1.82, 2.24) is 15.5 Å². The van der Waals surface area contributed by atoms with E-state index in [1.54, 1.807) is 11.3 Å². The minimum absolute atomic E-state index is 0.0646. The number of carbonyl (C=O) groups excluding carboxylic acids is 2. The van der Waals surface area contributed by atoms with Crippen LogP contribution in [0.15, 0.2) is 29.6 Å². The lowest BCUT2D eigenvalue weighted by atomic mass is 10.1. The van der Waals surface area contributed by atoms with E-state index in [-0.39, 0.29) is 24.7 Å². The van der Waals surface area contributed by atoms with E-state index in [0.717, 1.165) is 31.6 Å². The summed E-state index contributed by atoms with van der Waals surface area (Å²) in [5, 5.41) is 8.34. The van der Waals surface area contributed by atoms with Crippen molar-refractivity contribution in [3.8, 4) is 0 Å². The fraction of sp³-hybridized carbons (Fsp3) is 0.400. The minimum atomic E-state index is -0.0646. The maximum atomic E-state index is 12.4. The molecule has 2 amide bonds. The van der Waals surface area contributed by atoms with Gasteiger partial charge in [0.1, 0.15) is 0 Å². The molecule has 2 N–H and O–H groups in total. The molecular formula is C20H23N3O2S. The predicted octanol–water partition coefficient (Wildman–Crippen LogP) is 2.33. The number of benzene rings is 1.